The molecule has 0 N–H and O–H groups in total. The molecule has 0 amide bonds. The third-order valence-electron chi connectivity index (χ3n) is 8.49. The summed E-state index contributed by atoms with van der Waals surface area (Å²) in [6.07, 6.45) is 7.25. The van der Waals surface area contributed by atoms with Gasteiger partial charge in [-0.15, -0.1) is 0 Å². The van der Waals surface area contributed by atoms with Gasteiger partial charge < -0.3 is 4.42 Å². The maximum absolute atomic E-state index is 15.4. The van der Waals surface area contributed by atoms with Crippen LogP contribution in [0.5, 0.6) is 0 Å². The molecule has 1 aliphatic carbocycles. The summed E-state index contributed by atoms with van der Waals surface area (Å²) in [6.45, 7) is 2.11. The lowest BCUT2D eigenvalue weighted by Crippen LogP contribution is -2.30. The Hall–Kier alpha value is -4.24. The van der Waals surface area contributed by atoms with Crippen LogP contribution in [0.4, 0.5) is 4.39 Å². The fraction of sp³-hybridized carbons (Fsp3) is 0.194. The van der Waals surface area contributed by atoms with Gasteiger partial charge in [-0.3, -0.25) is 0 Å². The monoisotopic (exact) mass is 512 g/mol. The van der Waals surface area contributed by atoms with Crippen molar-refractivity contribution in [3.63, 3.8) is 0 Å². The van der Waals surface area contributed by atoms with E-state index in [0.717, 1.165) is 44.3 Å². The molecule has 2 heterocycles. The SMILES string of the molecule is Cc1ccc2c(oc3c(-c4ccc(C5CCCC5)cc4)c(F)ccc32)c1-c1ccc(-c2ccccc2)c[n+]1C. The van der Waals surface area contributed by atoms with Gasteiger partial charge in [0.05, 0.1) is 11.1 Å². The quantitative estimate of drug-likeness (QED) is 0.215. The van der Waals surface area contributed by atoms with Gasteiger partial charge in [0.2, 0.25) is 5.69 Å². The standard InChI is InChI=1S/C36H31FNO/c1-23-12-18-29-30-19-20-31(37)34(27-15-13-26(14-16-27)24-10-6-7-11-24)36(30)39-35(29)33(23)32-21-17-28(22-38(32)2)25-8-4-3-5-9-25/h3-5,8-9,12-22,24H,6-7,10-11H2,1-2H3/q+1. The highest BCUT2D eigenvalue weighted by molar-refractivity contribution is 6.13. The zero-order valence-electron chi connectivity index (χ0n) is 22.4. The number of furan rings is 1. The van der Waals surface area contributed by atoms with E-state index in [1.54, 1.807) is 6.07 Å². The van der Waals surface area contributed by atoms with Crippen LogP contribution in [-0.2, 0) is 7.05 Å². The predicted molar refractivity (Wildman–Crippen MR) is 157 cm³/mol. The van der Waals surface area contributed by atoms with Crippen molar-refractivity contribution in [2.45, 2.75) is 38.5 Å². The molecule has 0 spiro atoms. The van der Waals surface area contributed by atoms with Crippen molar-refractivity contribution in [1.29, 1.82) is 0 Å². The van der Waals surface area contributed by atoms with E-state index in [1.165, 1.54) is 36.8 Å². The highest BCUT2D eigenvalue weighted by Gasteiger charge is 2.24. The molecule has 2 aromatic heterocycles. The van der Waals surface area contributed by atoms with Crippen molar-refractivity contribution in [3.05, 3.63) is 114 Å². The Labute approximate surface area is 228 Å². The van der Waals surface area contributed by atoms with Crippen molar-refractivity contribution in [2.75, 3.05) is 0 Å². The number of halogens is 1. The molecule has 3 heteroatoms. The second-order valence-electron chi connectivity index (χ2n) is 10.9. The van der Waals surface area contributed by atoms with Crippen LogP contribution in [0.25, 0.3) is 55.4 Å². The second kappa shape index (κ2) is 9.50. The van der Waals surface area contributed by atoms with Crippen molar-refractivity contribution in [3.8, 4) is 33.5 Å². The second-order valence-corrected chi connectivity index (χ2v) is 10.9. The summed E-state index contributed by atoms with van der Waals surface area (Å²) in [7, 11) is 2.07. The van der Waals surface area contributed by atoms with Gasteiger partial charge in [-0.2, -0.15) is 0 Å². The van der Waals surface area contributed by atoms with Gasteiger partial charge in [-0.25, -0.2) is 8.96 Å². The molecule has 0 unspecified atom stereocenters. The highest BCUT2D eigenvalue weighted by Crippen LogP contribution is 2.42. The zero-order chi connectivity index (χ0) is 26.5. The van der Waals surface area contributed by atoms with E-state index in [0.29, 0.717) is 17.1 Å². The third kappa shape index (κ3) is 4.04. The molecule has 0 bridgehead atoms. The summed E-state index contributed by atoms with van der Waals surface area (Å²) in [5.74, 6) is 0.372. The first kappa shape index (κ1) is 23.8. The van der Waals surface area contributed by atoms with Gasteiger partial charge >= 0.3 is 0 Å². The first-order valence-electron chi connectivity index (χ1n) is 13.9. The van der Waals surface area contributed by atoms with E-state index in [9.17, 15) is 0 Å². The molecule has 192 valence electrons. The number of nitrogens with zero attached hydrogens (tertiary/aromatic N) is 1. The summed E-state index contributed by atoms with van der Waals surface area (Å²) in [4.78, 5) is 0. The molecule has 39 heavy (non-hydrogen) atoms. The Bertz CT molecular complexity index is 1830. The summed E-state index contributed by atoms with van der Waals surface area (Å²) in [5, 5.41) is 1.94. The van der Waals surface area contributed by atoms with Crippen LogP contribution in [-0.4, -0.2) is 0 Å². The van der Waals surface area contributed by atoms with E-state index < -0.39 is 0 Å². The first-order chi connectivity index (χ1) is 19.1. The summed E-state index contributed by atoms with van der Waals surface area (Å²) < 4.78 is 24.2. The van der Waals surface area contributed by atoms with Gasteiger partial charge in [-0.1, -0.05) is 79.6 Å². The molecule has 0 aliphatic heterocycles. The molecule has 7 rings (SSSR count). The first-order valence-corrected chi connectivity index (χ1v) is 13.9. The topological polar surface area (TPSA) is 17.0 Å². The Morgan fingerprint density at radius 1 is 0.692 bits per heavy atom. The molecule has 0 radical (unpaired) electrons. The van der Waals surface area contributed by atoms with Crippen LogP contribution in [0.2, 0.25) is 0 Å². The van der Waals surface area contributed by atoms with Gasteiger partial charge in [-0.05, 0) is 66.1 Å². The van der Waals surface area contributed by atoms with Crippen molar-refractivity contribution in [1.82, 2.24) is 0 Å². The number of benzene rings is 4. The lowest BCUT2D eigenvalue weighted by Gasteiger charge is -2.11. The maximum Gasteiger partial charge on any atom is 0.216 e. The van der Waals surface area contributed by atoms with Gasteiger partial charge in [0.15, 0.2) is 6.20 Å². The molecule has 0 atom stereocenters. The number of fused-ring (bicyclic) bond motifs is 3. The largest absolute Gasteiger partial charge is 0.454 e. The van der Waals surface area contributed by atoms with E-state index in [4.69, 9.17) is 4.42 Å². The summed E-state index contributed by atoms with van der Waals surface area (Å²) >= 11 is 0. The molecule has 1 saturated carbocycles. The van der Waals surface area contributed by atoms with E-state index >= 15 is 4.39 Å². The van der Waals surface area contributed by atoms with Crippen molar-refractivity contribution < 1.29 is 13.4 Å². The minimum atomic E-state index is -0.258. The van der Waals surface area contributed by atoms with Crippen molar-refractivity contribution >= 4 is 21.9 Å². The lowest BCUT2D eigenvalue weighted by atomic mass is 9.94. The minimum Gasteiger partial charge on any atom is -0.454 e. The summed E-state index contributed by atoms with van der Waals surface area (Å²) in [6, 6.07) is 30.8. The van der Waals surface area contributed by atoms with Crippen LogP contribution in [0, 0.1) is 12.7 Å². The molecular formula is C36H31FNO+. The molecular weight excluding hydrogens is 481 g/mol. The molecule has 1 fully saturated rings. The smallest absolute Gasteiger partial charge is 0.216 e. The third-order valence-corrected chi connectivity index (χ3v) is 8.49. The molecule has 2 nitrogen and oxygen atoms in total. The van der Waals surface area contributed by atoms with Crippen LogP contribution in [0.3, 0.4) is 0 Å². The Morgan fingerprint density at radius 3 is 2.08 bits per heavy atom. The Morgan fingerprint density at radius 2 is 1.36 bits per heavy atom. The Balaban J connectivity index is 1.38. The number of pyridine rings is 1. The van der Waals surface area contributed by atoms with Gasteiger partial charge in [0.25, 0.3) is 0 Å². The lowest BCUT2D eigenvalue weighted by molar-refractivity contribution is -0.659. The highest BCUT2D eigenvalue weighted by atomic mass is 19.1. The van der Waals surface area contributed by atoms with Crippen LogP contribution in [0.15, 0.2) is 102 Å². The van der Waals surface area contributed by atoms with Crippen LogP contribution < -0.4 is 4.57 Å². The van der Waals surface area contributed by atoms with Gasteiger partial charge in [0.1, 0.15) is 24.0 Å². The van der Waals surface area contributed by atoms with Crippen LogP contribution >= 0.6 is 0 Å². The van der Waals surface area contributed by atoms with E-state index in [-0.39, 0.29) is 5.82 Å². The van der Waals surface area contributed by atoms with Crippen molar-refractivity contribution in [2.24, 2.45) is 7.05 Å². The van der Waals surface area contributed by atoms with E-state index in [2.05, 4.69) is 97.5 Å². The summed E-state index contributed by atoms with van der Waals surface area (Å²) in [5.41, 5.74) is 9.69. The average molecular weight is 513 g/mol. The molecule has 6 aromatic rings. The normalized spacial score (nSPS) is 14.0. The Kier molecular flexibility index (Phi) is 5.81. The fourth-order valence-corrected chi connectivity index (χ4v) is 6.41. The predicted octanol–water partition coefficient (Wildman–Crippen LogP) is 9.52. The number of hydrogen-bond acceptors (Lipinski definition) is 1. The minimum absolute atomic E-state index is 0.258. The van der Waals surface area contributed by atoms with Crippen LogP contribution in [0.1, 0.15) is 42.7 Å². The number of aromatic nitrogens is 1. The van der Waals surface area contributed by atoms with Gasteiger partial charge in [0, 0.05) is 22.4 Å². The zero-order valence-corrected chi connectivity index (χ0v) is 22.4. The molecule has 0 saturated heterocycles. The fourth-order valence-electron chi connectivity index (χ4n) is 6.41. The number of rotatable bonds is 4. The van der Waals surface area contributed by atoms with E-state index in [1.807, 2.05) is 12.1 Å². The number of hydrogen-bond donors (Lipinski definition) is 0. The average Bonchev–Trinajstić information content (AvgIpc) is 3.63. The number of aryl methyl sites for hydroxylation is 2. The molecule has 4 aromatic carbocycles. The maximum atomic E-state index is 15.4. The molecule has 1 aliphatic rings.